The molecule has 1 aromatic carbocycles. The molecule has 0 fully saturated rings. The zero-order valence-electron chi connectivity index (χ0n) is 11.9. The maximum absolute atomic E-state index is 11.5. The molecule has 0 atom stereocenters. The summed E-state index contributed by atoms with van der Waals surface area (Å²) in [6, 6.07) is 11.8. The molecule has 2 aromatic rings. The highest BCUT2D eigenvalue weighted by molar-refractivity contribution is 5.90. The van der Waals surface area contributed by atoms with Gasteiger partial charge in [0.05, 0.1) is 18.4 Å². The van der Waals surface area contributed by atoms with Crippen molar-refractivity contribution in [1.82, 2.24) is 4.98 Å². The third kappa shape index (κ3) is 3.35. The molecule has 0 aliphatic rings. The summed E-state index contributed by atoms with van der Waals surface area (Å²) in [6.45, 7) is 4.56. The third-order valence-corrected chi connectivity index (χ3v) is 3.05. The Bertz CT molecular complexity index is 624. The number of hydrogen-bond donors (Lipinski definition) is 1. The zero-order chi connectivity index (χ0) is 14.5. The molecule has 0 spiro atoms. The predicted octanol–water partition coefficient (Wildman–Crippen LogP) is 3.10. The highest BCUT2D eigenvalue weighted by Crippen LogP contribution is 2.13. The Morgan fingerprint density at radius 2 is 2.05 bits per heavy atom. The van der Waals surface area contributed by atoms with Crippen LogP contribution in [-0.2, 0) is 11.3 Å². The van der Waals surface area contributed by atoms with E-state index in [4.69, 9.17) is 4.74 Å². The van der Waals surface area contributed by atoms with E-state index in [1.165, 1.54) is 18.2 Å². The molecule has 0 aliphatic heterocycles. The number of hydrogen-bond acceptors (Lipinski definition) is 4. The number of aromatic nitrogens is 1. The van der Waals surface area contributed by atoms with Crippen LogP contribution in [0, 0.1) is 13.8 Å². The fraction of sp³-hybridized carbons (Fsp3) is 0.250. The number of pyridine rings is 1. The van der Waals surface area contributed by atoms with Gasteiger partial charge in [-0.3, -0.25) is 0 Å². The molecule has 4 nitrogen and oxygen atoms in total. The van der Waals surface area contributed by atoms with Gasteiger partial charge in [0.1, 0.15) is 5.82 Å². The number of methoxy groups -OCH3 is 1. The first-order valence-corrected chi connectivity index (χ1v) is 6.45. The molecule has 104 valence electrons. The Morgan fingerprint density at radius 1 is 1.25 bits per heavy atom. The van der Waals surface area contributed by atoms with Crippen LogP contribution < -0.4 is 5.32 Å². The van der Waals surface area contributed by atoms with E-state index in [0.717, 1.165) is 5.82 Å². The lowest BCUT2D eigenvalue weighted by Gasteiger charge is -2.09. The maximum Gasteiger partial charge on any atom is 0.339 e. The van der Waals surface area contributed by atoms with E-state index in [2.05, 4.69) is 35.4 Å². The number of nitrogens with zero attached hydrogens (tertiary/aromatic N) is 1. The van der Waals surface area contributed by atoms with Crippen molar-refractivity contribution in [2.45, 2.75) is 20.4 Å². The Kier molecular flexibility index (Phi) is 4.35. The highest BCUT2D eigenvalue weighted by Gasteiger charge is 2.10. The summed E-state index contributed by atoms with van der Waals surface area (Å²) in [6.07, 6.45) is 0. The summed E-state index contributed by atoms with van der Waals surface area (Å²) in [7, 11) is 1.37. The SMILES string of the molecule is COC(=O)c1ccc(NCc2cccc(C)c2)nc1C. The van der Waals surface area contributed by atoms with Crippen LogP contribution in [0.2, 0.25) is 0 Å². The van der Waals surface area contributed by atoms with Gasteiger partial charge in [-0.2, -0.15) is 0 Å². The first-order chi connectivity index (χ1) is 9.60. The standard InChI is InChI=1S/C16H18N2O2/c1-11-5-4-6-13(9-11)10-17-15-8-7-14(12(2)18-15)16(19)20-3/h4-9H,10H2,1-3H3,(H,17,18). The second kappa shape index (κ2) is 6.19. The highest BCUT2D eigenvalue weighted by atomic mass is 16.5. The van der Waals surface area contributed by atoms with Gasteiger partial charge >= 0.3 is 5.97 Å². The van der Waals surface area contributed by atoms with Crippen molar-refractivity contribution in [3.8, 4) is 0 Å². The number of carbonyl (C=O) groups is 1. The number of rotatable bonds is 4. The predicted molar refractivity (Wildman–Crippen MR) is 78.8 cm³/mol. The zero-order valence-corrected chi connectivity index (χ0v) is 11.9. The largest absolute Gasteiger partial charge is 0.465 e. The summed E-state index contributed by atoms with van der Waals surface area (Å²) in [5.74, 6) is 0.386. The summed E-state index contributed by atoms with van der Waals surface area (Å²) in [5.41, 5.74) is 3.58. The molecule has 0 saturated carbocycles. The molecule has 4 heteroatoms. The van der Waals surface area contributed by atoms with E-state index in [-0.39, 0.29) is 5.97 Å². The number of benzene rings is 1. The minimum atomic E-state index is -0.361. The van der Waals surface area contributed by atoms with Crippen molar-refractivity contribution in [1.29, 1.82) is 0 Å². The maximum atomic E-state index is 11.5. The number of carbonyl (C=O) groups excluding carboxylic acids is 1. The lowest BCUT2D eigenvalue weighted by atomic mass is 10.1. The second-order valence-electron chi connectivity index (χ2n) is 4.66. The van der Waals surface area contributed by atoms with Gasteiger partial charge in [0.25, 0.3) is 0 Å². The average molecular weight is 270 g/mol. The average Bonchev–Trinajstić information content (AvgIpc) is 2.44. The smallest absolute Gasteiger partial charge is 0.339 e. The minimum absolute atomic E-state index is 0.361. The molecular formula is C16H18N2O2. The van der Waals surface area contributed by atoms with Crippen LogP contribution in [0.1, 0.15) is 27.2 Å². The second-order valence-corrected chi connectivity index (χ2v) is 4.66. The van der Waals surface area contributed by atoms with Gasteiger partial charge < -0.3 is 10.1 Å². The van der Waals surface area contributed by atoms with Gasteiger partial charge in [-0.1, -0.05) is 29.8 Å². The molecule has 1 heterocycles. The quantitative estimate of drug-likeness (QED) is 0.867. The molecular weight excluding hydrogens is 252 g/mol. The molecule has 0 bridgehead atoms. The first kappa shape index (κ1) is 14.1. The van der Waals surface area contributed by atoms with Crippen molar-refractivity contribution < 1.29 is 9.53 Å². The number of ether oxygens (including phenoxy) is 1. The van der Waals surface area contributed by atoms with E-state index >= 15 is 0 Å². The number of aryl methyl sites for hydroxylation is 2. The molecule has 0 aliphatic carbocycles. The molecule has 1 aromatic heterocycles. The number of esters is 1. The van der Waals surface area contributed by atoms with E-state index in [1.54, 1.807) is 19.1 Å². The van der Waals surface area contributed by atoms with E-state index < -0.39 is 0 Å². The summed E-state index contributed by atoms with van der Waals surface area (Å²) in [4.78, 5) is 15.8. The van der Waals surface area contributed by atoms with Gasteiger partial charge in [-0.15, -0.1) is 0 Å². The van der Waals surface area contributed by atoms with Crippen molar-refractivity contribution in [2.24, 2.45) is 0 Å². The van der Waals surface area contributed by atoms with E-state index in [1.807, 2.05) is 6.07 Å². The monoisotopic (exact) mass is 270 g/mol. The lowest BCUT2D eigenvalue weighted by Crippen LogP contribution is -2.08. The normalized spacial score (nSPS) is 10.2. The summed E-state index contributed by atoms with van der Waals surface area (Å²) >= 11 is 0. The Balaban J connectivity index is 2.07. The van der Waals surface area contributed by atoms with Gasteiger partial charge in [0.15, 0.2) is 0 Å². The molecule has 0 saturated heterocycles. The van der Waals surface area contributed by atoms with Crippen LogP contribution in [0.4, 0.5) is 5.82 Å². The molecule has 2 rings (SSSR count). The first-order valence-electron chi connectivity index (χ1n) is 6.45. The van der Waals surface area contributed by atoms with Crippen molar-refractivity contribution >= 4 is 11.8 Å². The van der Waals surface area contributed by atoms with E-state index in [9.17, 15) is 4.79 Å². The van der Waals surface area contributed by atoms with Crippen LogP contribution in [-0.4, -0.2) is 18.1 Å². The van der Waals surface area contributed by atoms with Crippen LogP contribution in [0.5, 0.6) is 0 Å². The van der Waals surface area contributed by atoms with Crippen LogP contribution >= 0.6 is 0 Å². The Morgan fingerprint density at radius 3 is 2.70 bits per heavy atom. The van der Waals surface area contributed by atoms with Crippen molar-refractivity contribution in [2.75, 3.05) is 12.4 Å². The van der Waals surface area contributed by atoms with Crippen LogP contribution in [0.3, 0.4) is 0 Å². The fourth-order valence-electron chi connectivity index (χ4n) is 2.00. The van der Waals surface area contributed by atoms with Gasteiger partial charge in [-0.25, -0.2) is 9.78 Å². The topological polar surface area (TPSA) is 51.2 Å². The fourth-order valence-corrected chi connectivity index (χ4v) is 2.00. The molecule has 1 N–H and O–H groups in total. The molecule has 0 unspecified atom stereocenters. The molecule has 20 heavy (non-hydrogen) atoms. The van der Waals surface area contributed by atoms with E-state index in [0.29, 0.717) is 17.8 Å². The van der Waals surface area contributed by atoms with Crippen molar-refractivity contribution in [3.05, 3.63) is 58.8 Å². The minimum Gasteiger partial charge on any atom is -0.465 e. The Labute approximate surface area is 118 Å². The number of anilines is 1. The van der Waals surface area contributed by atoms with Crippen molar-refractivity contribution in [3.63, 3.8) is 0 Å². The third-order valence-electron chi connectivity index (χ3n) is 3.05. The summed E-state index contributed by atoms with van der Waals surface area (Å²) < 4.78 is 4.70. The lowest BCUT2D eigenvalue weighted by molar-refractivity contribution is 0.0599. The Hall–Kier alpha value is -2.36. The van der Waals surface area contributed by atoms with Crippen LogP contribution in [0.25, 0.3) is 0 Å². The van der Waals surface area contributed by atoms with Gasteiger partial charge in [-0.05, 0) is 31.5 Å². The summed E-state index contributed by atoms with van der Waals surface area (Å²) in [5, 5.41) is 3.25. The number of nitrogens with one attached hydrogen (secondary N) is 1. The molecule has 0 radical (unpaired) electrons. The van der Waals surface area contributed by atoms with Gasteiger partial charge in [0, 0.05) is 6.54 Å². The van der Waals surface area contributed by atoms with Gasteiger partial charge in [0.2, 0.25) is 0 Å². The van der Waals surface area contributed by atoms with Crippen LogP contribution in [0.15, 0.2) is 36.4 Å². The molecule has 0 amide bonds.